The maximum atomic E-state index is 13.1. The quantitative estimate of drug-likeness (QED) is 0.883. The van der Waals surface area contributed by atoms with Crippen LogP contribution in [0, 0.1) is 6.92 Å². The van der Waals surface area contributed by atoms with E-state index in [0.717, 1.165) is 11.1 Å². The van der Waals surface area contributed by atoms with Gasteiger partial charge >= 0.3 is 0 Å². The molecule has 0 heterocycles. The van der Waals surface area contributed by atoms with Gasteiger partial charge in [-0.25, -0.2) is 8.78 Å². The molecule has 2 N–H and O–H groups in total. The van der Waals surface area contributed by atoms with E-state index in [9.17, 15) is 8.78 Å². The predicted molar refractivity (Wildman–Crippen MR) is 62.6 cm³/mol. The number of benzene rings is 1. The number of ether oxygens (including phenoxy) is 1. The normalized spacial score (nSPS) is 20.8. The topological polar surface area (TPSA) is 35.2 Å². The highest BCUT2D eigenvalue weighted by atomic mass is 19.3. The lowest BCUT2D eigenvalue weighted by atomic mass is 9.61. The summed E-state index contributed by atoms with van der Waals surface area (Å²) in [7, 11) is 1.55. The second-order valence-electron chi connectivity index (χ2n) is 4.90. The van der Waals surface area contributed by atoms with Gasteiger partial charge in [0, 0.05) is 30.4 Å². The maximum absolute atomic E-state index is 13.1. The molecule has 0 bridgehead atoms. The van der Waals surface area contributed by atoms with Crippen LogP contribution in [0.4, 0.5) is 8.78 Å². The standard InChI is InChI=1S/C13H17F2NO/c1-9-3-4-11(17-2)10(5-9)12(8-16)6-13(14,15)7-12/h3-5H,6-8,16H2,1-2H3. The first kappa shape index (κ1) is 12.3. The summed E-state index contributed by atoms with van der Waals surface area (Å²) < 4.78 is 31.5. The van der Waals surface area contributed by atoms with Gasteiger partial charge in [-0.1, -0.05) is 17.7 Å². The van der Waals surface area contributed by atoms with Crippen LogP contribution in [0.5, 0.6) is 5.75 Å². The average molecular weight is 241 g/mol. The first-order chi connectivity index (χ1) is 7.92. The molecule has 0 radical (unpaired) electrons. The summed E-state index contributed by atoms with van der Waals surface area (Å²) in [5, 5.41) is 0. The zero-order valence-electron chi connectivity index (χ0n) is 10.1. The SMILES string of the molecule is COc1ccc(C)cc1C1(CN)CC(F)(F)C1. The van der Waals surface area contributed by atoms with E-state index in [0.29, 0.717) is 5.75 Å². The van der Waals surface area contributed by atoms with Crippen molar-refractivity contribution in [2.75, 3.05) is 13.7 Å². The molecular formula is C13H17F2NO. The van der Waals surface area contributed by atoms with Gasteiger partial charge in [0.2, 0.25) is 5.92 Å². The van der Waals surface area contributed by atoms with Gasteiger partial charge in [0.15, 0.2) is 0 Å². The van der Waals surface area contributed by atoms with Crippen LogP contribution in [0.25, 0.3) is 0 Å². The van der Waals surface area contributed by atoms with Crippen LogP contribution in [0.15, 0.2) is 18.2 Å². The van der Waals surface area contributed by atoms with Gasteiger partial charge in [-0.15, -0.1) is 0 Å². The molecule has 0 unspecified atom stereocenters. The molecule has 2 rings (SSSR count). The van der Waals surface area contributed by atoms with E-state index < -0.39 is 11.3 Å². The van der Waals surface area contributed by atoms with Gasteiger partial charge in [0.25, 0.3) is 0 Å². The predicted octanol–water partition coefficient (Wildman–Crippen LogP) is 2.63. The lowest BCUT2D eigenvalue weighted by Crippen LogP contribution is -2.53. The van der Waals surface area contributed by atoms with Gasteiger partial charge in [-0.3, -0.25) is 0 Å². The van der Waals surface area contributed by atoms with Crippen LogP contribution >= 0.6 is 0 Å². The first-order valence-electron chi connectivity index (χ1n) is 5.65. The van der Waals surface area contributed by atoms with E-state index in [2.05, 4.69) is 0 Å². The summed E-state index contributed by atoms with van der Waals surface area (Å²) in [6.07, 6.45) is -0.368. The van der Waals surface area contributed by atoms with Gasteiger partial charge in [0.05, 0.1) is 7.11 Å². The molecule has 1 aromatic rings. The van der Waals surface area contributed by atoms with Gasteiger partial charge < -0.3 is 10.5 Å². The Hall–Kier alpha value is -1.16. The molecular weight excluding hydrogens is 224 g/mol. The van der Waals surface area contributed by atoms with E-state index in [1.807, 2.05) is 25.1 Å². The number of halogens is 2. The molecule has 0 aromatic heterocycles. The molecule has 0 atom stereocenters. The molecule has 1 aromatic carbocycles. The molecule has 1 fully saturated rings. The minimum atomic E-state index is -2.59. The molecule has 1 aliphatic carbocycles. The fraction of sp³-hybridized carbons (Fsp3) is 0.538. The van der Waals surface area contributed by atoms with Crippen LogP contribution in [-0.2, 0) is 5.41 Å². The highest BCUT2D eigenvalue weighted by molar-refractivity contribution is 5.45. The van der Waals surface area contributed by atoms with E-state index in [-0.39, 0.29) is 19.4 Å². The Labute approximate surface area is 99.8 Å². The molecule has 4 heteroatoms. The lowest BCUT2D eigenvalue weighted by Gasteiger charge is -2.47. The van der Waals surface area contributed by atoms with Crippen molar-refractivity contribution >= 4 is 0 Å². The monoisotopic (exact) mass is 241 g/mol. The third-order valence-electron chi connectivity index (χ3n) is 3.51. The minimum absolute atomic E-state index is 0.184. The van der Waals surface area contributed by atoms with E-state index >= 15 is 0 Å². The Morgan fingerprint density at radius 2 is 2.00 bits per heavy atom. The molecule has 17 heavy (non-hydrogen) atoms. The second-order valence-corrected chi connectivity index (χ2v) is 4.90. The second kappa shape index (κ2) is 3.95. The van der Waals surface area contributed by atoms with Crippen molar-refractivity contribution in [3.05, 3.63) is 29.3 Å². The molecule has 94 valence electrons. The number of rotatable bonds is 3. The van der Waals surface area contributed by atoms with Crippen molar-refractivity contribution in [2.45, 2.75) is 31.1 Å². The number of hydrogen-bond donors (Lipinski definition) is 1. The van der Waals surface area contributed by atoms with Gasteiger partial charge in [-0.2, -0.15) is 0 Å². The van der Waals surface area contributed by atoms with Crippen molar-refractivity contribution in [1.29, 1.82) is 0 Å². The van der Waals surface area contributed by atoms with Crippen LogP contribution in [0.3, 0.4) is 0 Å². The summed E-state index contributed by atoms with van der Waals surface area (Å²) in [5.74, 6) is -1.94. The summed E-state index contributed by atoms with van der Waals surface area (Å²) >= 11 is 0. The van der Waals surface area contributed by atoms with Gasteiger partial charge in [0.1, 0.15) is 5.75 Å². The van der Waals surface area contributed by atoms with Crippen LogP contribution in [-0.4, -0.2) is 19.6 Å². The third kappa shape index (κ3) is 2.02. The zero-order valence-corrected chi connectivity index (χ0v) is 10.1. The molecule has 0 spiro atoms. The fourth-order valence-corrected chi connectivity index (χ4v) is 2.62. The molecule has 1 aliphatic rings. The van der Waals surface area contributed by atoms with E-state index in [4.69, 9.17) is 10.5 Å². The van der Waals surface area contributed by atoms with E-state index in [1.54, 1.807) is 7.11 Å². The Bertz CT molecular complexity index is 423. The highest BCUT2D eigenvalue weighted by Crippen LogP contribution is 2.54. The third-order valence-corrected chi connectivity index (χ3v) is 3.51. The summed E-state index contributed by atoms with van der Waals surface area (Å²) in [6, 6.07) is 5.63. The Kier molecular flexibility index (Phi) is 2.86. The first-order valence-corrected chi connectivity index (χ1v) is 5.65. The smallest absolute Gasteiger partial charge is 0.250 e. The molecule has 0 saturated heterocycles. The number of aryl methyl sites for hydroxylation is 1. The van der Waals surface area contributed by atoms with Crippen molar-refractivity contribution in [2.24, 2.45) is 5.73 Å². The van der Waals surface area contributed by atoms with Crippen molar-refractivity contribution in [3.63, 3.8) is 0 Å². The number of alkyl halides is 2. The summed E-state index contributed by atoms with van der Waals surface area (Å²) in [6.45, 7) is 2.16. The Balaban J connectivity index is 2.41. The van der Waals surface area contributed by atoms with Crippen molar-refractivity contribution in [1.82, 2.24) is 0 Å². The van der Waals surface area contributed by atoms with Crippen LogP contribution in [0.2, 0.25) is 0 Å². The lowest BCUT2D eigenvalue weighted by molar-refractivity contribution is -0.124. The molecule has 2 nitrogen and oxygen atoms in total. The van der Waals surface area contributed by atoms with Gasteiger partial charge in [-0.05, 0) is 13.0 Å². The maximum Gasteiger partial charge on any atom is 0.250 e. The number of nitrogens with two attached hydrogens (primary N) is 1. The van der Waals surface area contributed by atoms with Crippen LogP contribution < -0.4 is 10.5 Å². The largest absolute Gasteiger partial charge is 0.496 e. The molecule has 0 amide bonds. The summed E-state index contributed by atoms with van der Waals surface area (Å²) in [4.78, 5) is 0. The van der Waals surface area contributed by atoms with E-state index in [1.165, 1.54) is 0 Å². The Morgan fingerprint density at radius 1 is 1.35 bits per heavy atom. The highest BCUT2D eigenvalue weighted by Gasteiger charge is 2.57. The summed E-state index contributed by atoms with van der Waals surface area (Å²) in [5.41, 5.74) is 6.93. The van der Waals surface area contributed by atoms with Crippen molar-refractivity contribution < 1.29 is 13.5 Å². The number of methoxy groups -OCH3 is 1. The molecule has 0 aliphatic heterocycles. The average Bonchev–Trinajstić information content (AvgIpc) is 2.25. The zero-order chi connectivity index (χ0) is 12.7. The minimum Gasteiger partial charge on any atom is -0.496 e. The Morgan fingerprint density at radius 3 is 2.47 bits per heavy atom. The fourth-order valence-electron chi connectivity index (χ4n) is 2.62. The van der Waals surface area contributed by atoms with Crippen LogP contribution in [0.1, 0.15) is 24.0 Å². The molecule has 1 saturated carbocycles. The number of hydrogen-bond acceptors (Lipinski definition) is 2. The van der Waals surface area contributed by atoms with Crippen molar-refractivity contribution in [3.8, 4) is 5.75 Å².